The fourth-order valence-electron chi connectivity index (χ4n) is 2.65. The van der Waals surface area contributed by atoms with Crippen LogP contribution in [0.5, 0.6) is 0 Å². The SMILES string of the molecule is NCc1ccc(NC(=O)NCc2ccc3c(c2)C(=O)NCC3)cc1. The zero-order valence-electron chi connectivity index (χ0n) is 13.3. The van der Waals surface area contributed by atoms with Crippen LogP contribution in [0.25, 0.3) is 0 Å². The number of benzene rings is 2. The highest BCUT2D eigenvalue weighted by Crippen LogP contribution is 2.16. The van der Waals surface area contributed by atoms with Crippen LogP contribution in [-0.2, 0) is 19.5 Å². The van der Waals surface area contributed by atoms with E-state index in [1.807, 2.05) is 42.5 Å². The number of carbonyl (C=O) groups is 2. The third kappa shape index (κ3) is 3.72. The minimum atomic E-state index is -0.294. The molecule has 6 nitrogen and oxygen atoms in total. The zero-order chi connectivity index (χ0) is 16.9. The van der Waals surface area contributed by atoms with Crippen molar-refractivity contribution in [2.24, 2.45) is 5.73 Å². The second kappa shape index (κ2) is 7.14. The van der Waals surface area contributed by atoms with Gasteiger partial charge in [-0.1, -0.05) is 24.3 Å². The maximum Gasteiger partial charge on any atom is 0.319 e. The molecule has 6 heteroatoms. The van der Waals surface area contributed by atoms with Gasteiger partial charge in [0.2, 0.25) is 0 Å². The second-order valence-electron chi connectivity index (χ2n) is 5.71. The summed E-state index contributed by atoms with van der Waals surface area (Å²) in [5.41, 5.74) is 9.88. The molecule has 0 aromatic heterocycles. The zero-order valence-corrected chi connectivity index (χ0v) is 13.3. The monoisotopic (exact) mass is 324 g/mol. The molecule has 3 rings (SSSR count). The van der Waals surface area contributed by atoms with Crippen LogP contribution in [0.15, 0.2) is 42.5 Å². The van der Waals surface area contributed by atoms with Gasteiger partial charge in [-0.05, 0) is 41.3 Å². The molecule has 0 fully saturated rings. The molecule has 0 saturated heterocycles. The predicted octanol–water partition coefficient (Wildman–Crippen LogP) is 1.75. The third-order valence-electron chi connectivity index (χ3n) is 4.00. The van der Waals surface area contributed by atoms with E-state index in [1.54, 1.807) is 0 Å². The second-order valence-corrected chi connectivity index (χ2v) is 5.71. The number of fused-ring (bicyclic) bond motifs is 1. The standard InChI is InChI=1S/C18H20N4O2/c19-10-12-2-5-15(6-3-12)22-18(24)21-11-13-1-4-14-7-8-20-17(23)16(14)9-13/h1-6,9H,7-8,10-11,19H2,(H,20,23)(H2,21,22,24). The number of amides is 3. The van der Waals surface area contributed by atoms with E-state index in [2.05, 4.69) is 16.0 Å². The van der Waals surface area contributed by atoms with E-state index in [0.717, 1.165) is 23.1 Å². The molecule has 24 heavy (non-hydrogen) atoms. The molecule has 5 N–H and O–H groups in total. The number of nitrogens with two attached hydrogens (primary N) is 1. The van der Waals surface area contributed by atoms with Gasteiger partial charge in [-0.3, -0.25) is 4.79 Å². The Bertz CT molecular complexity index is 756. The minimum Gasteiger partial charge on any atom is -0.352 e. The lowest BCUT2D eigenvalue weighted by Gasteiger charge is -2.17. The fraction of sp³-hybridized carbons (Fsp3) is 0.222. The van der Waals surface area contributed by atoms with Gasteiger partial charge in [0, 0.05) is 30.9 Å². The third-order valence-corrected chi connectivity index (χ3v) is 4.00. The van der Waals surface area contributed by atoms with Crippen molar-refractivity contribution in [1.82, 2.24) is 10.6 Å². The summed E-state index contributed by atoms with van der Waals surface area (Å²) >= 11 is 0. The van der Waals surface area contributed by atoms with Gasteiger partial charge >= 0.3 is 6.03 Å². The first-order valence-corrected chi connectivity index (χ1v) is 7.89. The number of anilines is 1. The average molecular weight is 324 g/mol. The van der Waals surface area contributed by atoms with Crippen LogP contribution in [0.4, 0.5) is 10.5 Å². The Balaban J connectivity index is 1.58. The number of nitrogens with one attached hydrogen (secondary N) is 3. The molecule has 0 radical (unpaired) electrons. The highest BCUT2D eigenvalue weighted by Gasteiger charge is 2.16. The first-order chi connectivity index (χ1) is 11.7. The van der Waals surface area contributed by atoms with Gasteiger partial charge in [0.25, 0.3) is 5.91 Å². The Labute approximate surface area is 140 Å². The molecule has 0 aliphatic carbocycles. The van der Waals surface area contributed by atoms with Gasteiger partial charge in [0.15, 0.2) is 0 Å². The smallest absolute Gasteiger partial charge is 0.319 e. The lowest BCUT2D eigenvalue weighted by Crippen LogP contribution is -2.32. The van der Waals surface area contributed by atoms with Crippen LogP contribution in [0.1, 0.15) is 27.0 Å². The Hall–Kier alpha value is -2.86. The summed E-state index contributed by atoms with van der Waals surface area (Å²) in [6.45, 7) is 1.50. The van der Waals surface area contributed by atoms with E-state index < -0.39 is 0 Å². The average Bonchev–Trinajstić information content (AvgIpc) is 2.61. The molecule has 0 saturated carbocycles. The fourth-order valence-corrected chi connectivity index (χ4v) is 2.65. The van der Waals surface area contributed by atoms with Crippen molar-refractivity contribution < 1.29 is 9.59 Å². The number of hydrogen-bond donors (Lipinski definition) is 4. The molecule has 1 aliphatic rings. The van der Waals surface area contributed by atoms with Crippen LogP contribution >= 0.6 is 0 Å². The molecule has 0 spiro atoms. The number of hydrogen-bond acceptors (Lipinski definition) is 3. The first-order valence-electron chi connectivity index (χ1n) is 7.89. The van der Waals surface area contributed by atoms with Crippen molar-refractivity contribution >= 4 is 17.6 Å². The molecule has 1 aliphatic heterocycles. The Kier molecular flexibility index (Phi) is 4.77. The molecule has 0 unspecified atom stereocenters. The molecule has 2 aromatic rings. The first kappa shape index (κ1) is 16.0. The highest BCUT2D eigenvalue weighted by atomic mass is 16.2. The molecular formula is C18H20N4O2. The van der Waals surface area contributed by atoms with Crippen molar-refractivity contribution in [3.63, 3.8) is 0 Å². The molecule has 3 amide bonds. The summed E-state index contributed by atoms with van der Waals surface area (Å²) in [6, 6.07) is 12.8. The number of rotatable bonds is 4. The van der Waals surface area contributed by atoms with Crippen molar-refractivity contribution in [3.05, 3.63) is 64.7 Å². The molecule has 2 aromatic carbocycles. The van der Waals surface area contributed by atoms with Crippen molar-refractivity contribution in [2.75, 3.05) is 11.9 Å². The number of carbonyl (C=O) groups excluding carboxylic acids is 2. The molecule has 0 atom stereocenters. The maximum absolute atomic E-state index is 12.0. The van der Waals surface area contributed by atoms with E-state index in [-0.39, 0.29) is 11.9 Å². The summed E-state index contributed by atoms with van der Waals surface area (Å²) in [7, 11) is 0. The lowest BCUT2D eigenvalue weighted by molar-refractivity contribution is 0.0946. The van der Waals surface area contributed by atoms with E-state index in [0.29, 0.717) is 30.9 Å². The van der Waals surface area contributed by atoms with Gasteiger partial charge in [-0.15, -0.1) is 0 Å². The van der Waals surface area contributed by atoms with Gasteiger partial charge in [0.05, 0.1) is 0 Å². The van der Waals surface area contributed by atoms with Crippen LogP contribution in [0, 0.1) is 0 Å². The van der Waals surface area contributed by atoms with Crippen LogP contribution < -0.4 is 21.7 Å². The predicted molar refractivity (Wildman–Crippen MR) is 92.7 cm³/mol. The van der Waals surface area contributed by atoms with E-state index >= 15 is 0 Å². The van der Waals surface area contributed by atoms with Gasteiger partial charge in [-0.25, -0.2) is 4.79 Å². The van der Waals surface area contributed by atoms with Crippen molar-refractivity contribution in [2.45, 2.75) is 19.5 Å². The molecular weight excluding hydrogens is 304 g/mol. The van der Waals surface area contributed by atoms with E-state index in [1.165, 1.54) is 0 Å². The Morgan fingerprint density at radius 2 is 1.88 bits per heavy atom. The van der Waals surface area contributed by atoms with Crippen molar-refractivity contribution in [3.8, 4) is 0 Å². The molecule has 124 valence electrons. The summed E-state index contributed by atoms with van der Waals surface area (Å²) in [5.74, 6) is -0.0532. The van der Waals surface area contributed by atoms with Crippen LogP contribution in [0.2, 0.25) is 0 Å². The van der Waals surface area contributed by atoms with Crippen molar-refractivity contribution in [1.29, 1.82) is 0 Å². The molecule has 0 bridgehead atoms. The largest absolute Gasteiger partial charge is 0.352 e. The quantitative estimate of drug-likeness (QED) is 0.690. The van der Waals surface area contributed by atoms with Gasteiger partial charge in [0.1, 0.15) is 0 Å². The Morgan fingerprint density at radius 1 is 1.12 bits per heavy atom. The summed E-state index contributed by atoms with van der Waals surface area (Å²) < 4.78 is 0. The highest BCUT2D eigenvalue weighted by molar-refractivity contribution is 5.97. The number of urea groups is 1. The summed E-state index contributed by atoms with van der Waals surface area (Å²) in [4.78, 5) is 23.8. The van der Waals surface area contributed by atoms with Gasteiger partial charge in [-0.2, -0.15) is 0 Å². The topological polar surface area (TPSA) is 96.2 Å². The van der Waals surface area contributed by atoms with E-state index in [9.17, 15) is 9.59 Å². The summed E-state index contributed by atoms with van der Waals surface area (Å²) in [5, 5.41) is 8.38. The lowest BCUT2D eigenvalue weighted by atomic mass is 9.98. The Morgan fingerprint density at radius 3 is 2.62 bits per heavy atom. The van der Waals surface area contributed by atoms with Gasteiger partial charge < -0.3 is 21.7 Å². The minimum absolute atomic E-state index is 0.0532. The van der Waals surface area contributed by atoms with Crippen LogP contribution in [-0.4, -0.2) is 18.5 Å². The normalized spacial score (nSPS) is 13.0. The maximum atomic E-state index is 12.0. The van der Waals surface area contributed by atoms with E-state index in [4.69, 9.17) is 5.73 Å². The summed E-state index contributed by atoms with van der Waals surface area (Å²) in [6.07, 6.45) is 0.841. The van der Waals surface area contributed by atoms with Crippen LogP contribution in [0.3, 0.4) is 0 Å². The molecule has 1 heterocycles.